The molecule has 0 spiro atoms. The number of hydrogen-bond acceptors (Lipinski definition) is 3. The Labute approximate surface area is 106 Å². The number of benzene rings is 1. The molecular weight excluding hydrogens is 231 g/mol. The molecule has 0 aliphatic rings. The van der Waals surface area contributed by atoms with E-state index in [2.05, 4.69) is 17.2 Å². The smallest absolute Gasteiger partial charge is 0.148 e. The SMILES string of the molecule is CCNc1nc2c(OC)cc(F)cc2cc1CC. The zero-order valence-electron chi connectivity index (χ0n) is 10.9. The third-order valence-electron chi connectivity index (χ3n) is 2.87. The maximum absolute atomic E-state index is 13.4. The van der Waals surface area contributed by atoms with Crippen molar-refractivity contribution in [3.63, 3.8) is 0 Å². The molecule has 0 saturated heterocycles. The van der Waals surface area contributed by atoms with Crippen molar-refractivity contribution in [3.05, 3.63) is 29.6 Å². The minimum Gasteiger partial charge on any atom is -0.494 e. The summed E-state index contributed by atoms with van der Waals surface area (Å²) in [6, 6.07) is 4.81. The largest absolute Gasteiger partial charge is 0.494 e. The predicted molar refractivity (Wildman–Crippen MR) is 71.8 cm³/mol. The first kappa shape index (κ1) is 12.6. The molecule has 0 radical (unpaired) electrons. The molecule has 0 unspecified atom stereocenters. The van der Waals surface area contributed by atoms with Gasteiger partial charge in [0.25, 0.3) is 0 Å². The standard InChI is InChI=1S/C14H17FN2O/c1-4-9-6-10-7-11(15)8-12(18-3)13(10)17-14(9)16-5-2/h6-8H,4-5H2,1-3H3,(H,16,17). The Balaban J connectivity index is 2.70. The first-order valence-electron chi connectivity index (χ1n) is 6.10. The topological polar surface area (TPSA) is 34.2 Å². The summed E-state index contributed by atoms with van der Waals surface area (Å²) in [6.45, 7) is 4.88. The molecule has 0 saturated carbocycles. The maximum Gasteiger partial charge on any atom is 0.148 e. The van der Waals surface area contributed by atoms with E-state index in [0.29, 0.717) is 11.3 Å². The van der Waals surface area contributed by atoms with Crippen molar-refractivity contribution in [2.45, 2.75) is 20.3 Å². The van der Waals surface area contributed by atoms with Crippen molar-refractivity contribution in [1.29, 1.82) is 0 Å². The van der Waals surface area contributed by atoms with Crippen molar-refractivity contribution in [2.24, 2.45) is 0 Å². The first-order chi connectivity index (χ1) is 8.69. The zero-order chi connectivity index (χ0) is 13.1. The maximum atomic E-state index is 13.4. The number of ether oxygens (including phenoxy) is 1. The molecule has 4 heteroatoms. The number of nitrogens with zero attached hydrogens (tertiary/aromatic N) is 1. The molecule has 3 nitrogen and oxygen atoms in total. The van der Waals surface area contributed by atoms with E-state index < -0.39 is 0 Å². The van der Waals surface area contributed by atoms with Crippen molar-refractivity contribution in [2.75, 3.05) is 19.0 Å². The second kappa shape index (κ2) is 5.21. The lowest BCUT2D eigenvalue weighted by molar-refractivity contribution is 0.415. The fourth-order valence-corrected chi connectivity index (χ4v) is 2.01. The van der Waals surface area contributed by atoms with Gasteiger partial charge in [-0.25, -0.2) is 9.37 Å². The van der Waals surface area contributed by atoms with Crippen molar-refractivity contribution < 1.29 is 9.13 Å². The zero-order valence-corrected chi connectivity index (χ0v) is 10.9. The van der Waals surface area contributed by atoms with Crippen LogP contribution in [0.5, 0.6) is 5.75 Å². The van der Waals surface area contributed by atoms with Gasteiger partial charge in [0.05, 0.1) is 7.11 Å². The van der Waals surface area contributed by atoms with Gasteiger partial charge in [-0.1, -0.05) is 6.92 Å². The number of aromatic nitrogens is 1. The molecule has 1 heterocycles. The molecule has 96 valence electrons. The van der Waals surface area contributed by atoms with E-state index in [1.165, 1.54) is 19.2 Å². The van der Waals surface area contributed by atoms with Gasteiger partial charge in [-0.05, 0) is 31.0 Å². The van der Waals surface area contributed by atoms with Crippen LogP contribution in [0.4, 0.5) is 10.2 Å². The molecule has 0 aliphatic carbocycles. The molecule has 18 heavy (non-hydrogen) atoms. The number of methoxy groups -OCH3 is 1. The third-order valence-corrected chi connectivity index (χ3v) is 2.87. The minimum absolute atomic E-state index is 0.306. The van der Waals surface area contributed by atoms with Crippen LogP contribution in [0.1, 0.15) is 19.4 Å². The highest BCUT2D eigenvalue weighted by atomic mass is 19.1. The van der Waals surface area contributed by atoms with Gasteiger partial charge in [0.1, 0.15) is 22.9 Å². The summed E-state index contributed by atoms with van der Waals surface area (Å²) in [7, 11) is 1.52. The van der Waals surface area contributed by atoms with E-state index in [1.54, 1.807) is 0 Å². The van der Waals surface area contributed by atoms with Gasteiger partial charge in [-0.3, -0.25) is 0 Å². The van der Waals surface area contributed by atoms with Gasteiger partial charge in [0.2, 0.25) is 0 Å². The van der Waals surface area contributed by atoms with Crippen LogP contribution in [0.3, 0.4) is 0 Å². The summed E-state index contributed by atoms with van der Waals surface area (Å²) >= 11 is 0. The fraction of sp³-hybridized carbons (Fsp3) is 0.357. The minimum atomic E-state index is -0.306. The number of aryl methyl sites for hydroxylation is 1. The number of fused-ring (bicyclic) bond motifs is 1. The predicted octanol–water partition coefficient (Wildman–Crippen LogP) is 3.38. The van der Waals surface area contributed by atoms with Crippen LogP contribution in [0, 0.1) is 5.82 Å². The van der Waals surface area contributed by atoms with Crippen molar-refractivity contribution >= 4 is 16.7 Å². The number of pyridine rings is 1. The monoisotopic (exact) mass is 248 g/mol. The highest BCUT2D eigenvalue weighted by Gasteiger charge is 2.10. The summed E-state index contributed by atoms with van der Waals surface area (Å²) in [5, 5.41) is 3.99. The van der Waals surface area contributed by atoms with Crippen LogP contribution in [0.15, 0.2) is 18.2 Å². The Kier molecular flexibility index (Phi) is 3.65. The summed E-state index contributed by atoms with van der Waals surface area (Å²) in [5.41, 5.74) is 1.77. The molecule has 0 atom stereocenters. The summed E-state index contributed by atoms with van der Waals surface area (Å²) in [4.78, 5) is 4.54. The van der Waals surface area contributed by atoms with Crippen LogP contribution < -0.4 is 10.1 Å². The van der Waals surface area contributed by atoms with E-state index in [1.807, 2.05) is 13.0 Å². The molecule has 2 aromatic rings. The van der Waals surface area contributed by atoms with E-state index in [4.69, 9.17) is 4.74 Å². The highest BCUT2D eigenvalue weighted by molar-refractivity contribution is 5.87. The van der Waals surface area contributed by atoms with Crippen LogP contribution in [-0.2, 0) is 6.42 Å². The van der Waals surface area contributed by atoms with Crippen LogP contribution in [-0.4, -0.2) is 18.6 Å². The Morgan fingerprint density at radius 2 is 2.06 bits per heavy atom. The Morgan fingerprint density at radius 3 is 2.67 bits per heavy atom. The fourth-order valence-electron chi connectivity index (χ4n) is 2.01. The Bertz CT molecular complexity index is 569. The number of rotatable bonds is 4. The lowest BCUT2D eigenvalue weighted by atomic mass is 10.1. The first-order valence-corrected chi connectivity index (χ1v) is 6.10. The van der Waals surface area contributed by atoms with E-state index in [9.17, 15) is 4.39 Å². The molecule has 0 fully saturated rings. The molecular formula is C14H17FN2O. The number of nitrogens with one attached hydrogen (secondary N) is 1. The van der Waals surface area contributed by atoms with Gasteiger partial charge in [0, 0.05) is 18.0 Å². The second-order valence-electron chi connectivity index (χ2n) is 4.06. The molecule has 1 aromatic heterocycles. The number of hydrogen-bond donors (Lipinski definition) is 1. The molecule has 1 N–H and O–H groups in total. The third kappa shape index (κ3) is 2.23. The second-order valence-corrected chi connectivity index (χ2v) is 4.06. The highest BCUT2D eigenvalue weighted by Crippen LogP contribution is 2.29. The lowest BCUT2D eigenvalue weighted by Gasteiger charge is -2.12. The van der Waals surface area contributed by atoms with Crippen LogP contribution in [0.2, 0.25) is 0 Å². The number of halogens is 1. The van der Waals surface area contributed by atoms with Crippen LogP contribution >= 0.6 is 0 Å². The average molecular weight is 248 g/mol. The summed E-state index contributed by atoms with van der Waals surface area (Å²) < 4.78 is 18.6. The Morgan fingerprint density at radius 1 is 1.28 bits per heavy atom. The molecule has 2 rings (SSSR count). The lowest BCUT2D eigenvalue weighted by Crippen LogP contribution is -2.04. The summed E-state index contributed by atoms with van der Waals surface area (Å²) in [6.07, 6.45) is 0.851. The van der Waals surface area contributed by atoms with E-state index in [0.717, 1.165) is 29.7 Å². The van der Waals surface area contributed by atoms with Crippen molar-refractivity contribution in [1.82, 2.24) is 4.98 Å². The van der Waals surface area contributed by atoms with Crippen molar-refractivity contribution in [3.8, 4) is 5.75 Å². The van der Waals surface area contributed by atoms with Gasteiger partial charge >= 0.3 is 0 Å². The molecule has 0 aliphatic heterocycles. The van der Waals surface area contributed by atoms with Gasteiger partial charge < -0.3 is 10.1 Å². The quantitative estimate of drug-likeness (QED) is 0.900. The van der Waals surface area contributed by atoms with E-state index >= 15 is 0 Å². The summed E-state index contributed by atoms with van der Waals surface area (Å²) in [5.74, 6) is 1.00. The molecule has 0 amide bonds. The molecule has 1 aromatic carbocycles. The van der Waals surface area contributed by atoms with Gasteiger partial charge in [0.15, 0.2) is 0 Å². The normalized spacial score (nSPS) is 10.7. The molecule has 0 bridgehead atoms. The van der Waals surface area contributed by atoms with Gasteiger partial charge in [-0.15, -0.1) is 0 Å². The van der Waals surface area contributed by atoms with E-state index in [-0.39, 0.29) is 5.82 Å². The number of anilines is 1. The van der Waals surface area contributed by atoms with Gasteiger partial charge in [-0.2, -0.15) is 0 Å². The van der Waals surface area contributed by atoms with Crippen LogP contribution in [0.25, 0.3) is 10.9 Å². The Hall–Kier alpha value is -1.84. The average Bonchev–Trinajstić information content (AvgIpc) is 2.37.